The lowest BCUT2D eigenvalue weighted by atomic mass is 9.77. The van der Waals surface area contributed by atoms with Crippen LogP contribution in [0.5, 0.6) is 11.5 Å². The first-order chi connectivity index (χ1) is 42.8. The number of hydrogen-bond acceptors (Lipinski definition) is 20. The molecule has 0 amide bonds. The summed E-state index contributed by atoms with van der Waals surface area (Å²) in [7, 11) is -1.74. The number of hydrogen-bond donors (Lipinski definition) is 4. The van der Waals surface area contributed by atoms with E-state index < -0.39 is 14.2 Å². The van der Waals surface area contributed by atoms with Gasteiger partial charge in [-0.1, -0.05) is 122 Å². The van der Waals surface area contributed by atoms with Crippen molar-refractivity contribution in [2.24, 2.45) is 0 Å². The van der Waals surface area contributed by atoms with Crippen molar-refractivity contribution >= 4 is 107 Å². The van der Waals surface area contributed by atoms with Gasteiger partial charge in [0.25, 0.3) is 0 Å². The number of aromatic nitrogens is 12. The summed E-state index contributed by atoms with van der Waals surface area (Å²) in [5.41, 5.74) is 14.7. The Labute approximate surface area is 510 Å². The number of rotatable bonds is 17. The van der Waals surface area contributed by atoms with Crippen LogP contribution < -0.4 is 31.0 Å². The van der Waals surface area contributed by atoms with E-state index in [1.54, 1.807) is 67.3 Å². The Kier molecular flexibility index (Phi) is 18.8. The molecule has 87 heavy (non-hydrogen) atoms. The van der Waals surface area contributed by atoms with Crippen molar-refractivity contribution in [3.05, 3.63) is 192 Å². The molecule has 11 aromatic rings. The second-order valence-electron chi connectivity index (χ2n) is 20.6. The van der Waals surface area contributed by atoms with E-state index in [9.17, 15) is 9.59 Å². The minimum atomic E-state index is -0.760. The molecule has 26 heteroatoms. The van der Waals surface area contributed by atoms with Gasteiger partial charge in [0.2, 0.25) is 0 Å². The highest BCUT2D eigenvalue weighted by Gasteiger charge is 2.37. The molecule has 21 nitrogen and oxygen atoms in total. The largest absolute Gasteiger partial charge is 0.634 e. The predicted octanol–water partition coefficient (Wildman–Crippen LogP) is 8.04. The molecule has 14 rings (SSSR count). The van der Waals surface area contributed by atoms with E-state index in [-0.39, 0.29) is 19.1 Å². The van der Waals surface area contributed by atoms with Gasteiger partial charge >= 0.3 is 33.3 Å². The number of nitrogens with zero attached hydrogens (tertiary/aromatic N) is 9. The van der Waals surface area contributed by atoms with Crippen LogP contribution >= 0.6 is 23.5 Å². The van der Waals surface area contributed by atoms with Gasteiger partial charge in [0, 0.05) is 42.2 Å². The fraction of sp³-hybridized carbons (Fsp3) is 0.230. The van der Waals surface area contributed by atoms with Crippen molar-refractivity contribution < 1.29 is 37.5 Å². The van der Waals surface area contributed by atoms with Gasteiger partial charge in [-0.25, -0.2) is 54.4 Å². The van der Waals surface area contributed by atoms with Gasteiger partial charge in [-0.3, -0.25) is 0 Å². The highest BCUT2D eigenvalue weighted by molar-refractivity contribution is 7.98. The number of aromatic amines is 3. The highest BCUT2D eigenvalue weighted by Crippen LogP contribution is 2.30. The van der Waals surface area contributed by atoms with Crippen LogP contribution in [0.25, 0.3) is 33.5 Å². The molecule has 0 saturated carbocycles. The first kappa shape index (κ1) is 58.4. The average molecular weight is 1200 g/mol. The number of benzene rings is 5. The molecule has 1 saturated heterocycles. The maximum atomic E-state index is 12.6. The lowest BCUT2D eigenvalue weighted by Crippen LogP contribution is -2.44. The molecule has 4 N–H and O–H groups in total. The van der Waals surface area contributed by atoms with Gasteiger partial charge in [-0.15, -0.1) is 0 Å². The molecule has 436 valence electrons. The second kappa shape index (κ2) is 28.1. The maximum absolute atomic E-state index is 12.6. The fourth-order valence-electron chi connectivity index (χ4n) is 9.73. The van der Waals surface area contributed by atoms with Crippen LogP contribution in [0.4, 0.5) is 0 Å². The van der Waals surface area contributed by atoms with Gasteiger partial charge in [0.15, 0.2) is 16.9 Å². The van der Waals surface area contributed by atoms with E-state index >= 15 is 0 Å². The van der Waals surface area contributed by atoms with E-state index in [2.05, 4.69) is 96.3 Å². The summed E-state index contributed by atoms with van der Waals surface area (Å²) in [6, 6.07) is 35.3. The quantitative estimate of drug-likeness (QED) is 0.0291. The third kappa shape index (κ3) is 14.5. The van der Waals surface area contributed by atoms with Crippen molar-refractivity contribution in [2.45, 2.75) is 80.5 Å². The second-order valence-corrected chi connectivity index (χ2v) is 22.6. The highest BCUT2D eigenvalue weighted by atomic mass is 32.2. The SMILES string of the molecule is CCCCNCc1ccc2c(c1)OB(c1ccc(CCc3ncnc4nc[nH]c34)cc1)OC2=O.Cc1ccc2c(c1)OB(c1ccc(CSc3ncnc4nc[nH]c34)cc1)OC2=O.c1nc(SCc2ccc(B3OCCCCO3)cc2)c2[nH]cnc2n1. The van der Waals surface area contributed by atoms with E-state index in [1.807, 2.05) is 79.7 Å². The minimum Gasteiger partial charge on any atom is -0.521 e. The van der Waals surface area contributed by atoms with Gasteiger partial charge in [0.05, 0.1) is 35.8 Å². The summed E-state index contributed by atoms with van der Waals surface area (Å²) < 4.78 is 34.5. The van der Waals surface area contributed by atoms with E-state index in [0.717, 1.165) is 147 Å². The number of carbonyl (C=O) groups is 2. The van der Waals surface area contributed by atoms with Crippen LogP contribution in [0, 0.1) is 6.92 Å². The summed E-state index contributed by atoms with van der Waals surface area (Å²) in [5, 5.41) is 5.19. The third-order valence-electron chi connectivity index (χ3n) is 14.5. The Morgan fingerprint density at radius 1 is 0.506 bits per heavy atom. The molecule has 0 atom stereocenters. The zero-order valence-electron chi connectivity index (χ0n) is 47.7. The smallest absolute Gasteiger partial charge is 0.521 e. The van der Waals surface area contributed by atoms with Crippen LogP contribution in [0.15, 0.2) is 157 Å². The lowest BCUT2D eigenvalue weighted by molar-refractivity contribution is 0.0676. The first-order valence-electron chi connectivity index (χ1n) is 28.6. The average Bonchev–Trinajstić information content (AvgIpc) is 3.66. The molecular weight excluding hydrogens is 1140 g/mol. The van der Waals surface area contributed by atoms with Crippen molar-refractivity contribution in [1.29, 1.82) is 0 Å². The number of H-pyrrole nitrogens is 3. The van der Waals surface area contributed by atoms with Crippen LogP contribution in [0.2, 0.25) is 0 Å². The van der Waals surface area contributed by atoms with Gasteiger partial charge in [-0.2, -0.15) is 0 Å². The molecule has 3 aliphatic rings. The Balaban J connectivity index is 0.000000129. The monoisotopic (exact) mass is 1200 g/mol. The summed E-state index contributed by atoms with van der Waals surface area (Å²) in [6.07, 6.45) is 15.5. The maximum Gasteiger partial charge on any atom is 0.634 e. The molecule has 0 unspecified atom stereocenters. The number of thioether (sulfide) groups is 2. The van der Waals surface area contributed by atoms with Crippen molar-refractivity contribution in [1.82, 2.24) is 65.1 Å². The molecule has 0 bridgehead atoms. The Bertz CT molecular complexity index is 4140. The minimum absolute atomic E-state index is 0.235. The van der Waals surface area contributed by atoms with Crippen LogP contribution in [-0.4, -0.2) is 113 Å². The van der Waals surface area contributed by atoms with E-state index in [1.165, 1.54) is 11.9 Å². The molecular formula is C61H58B3N13O8S2. The summed E-state index contributed by atoms with van der Waals surface area (Å²) in [4.78, 5) is 72.0. The number of fused-ring (bicyclic) bond motifs is 5. The predicted molar refractivity (Wildman–Crippen MR) is 335 cm³/mol. The van der Waals surface area contributed by atoms with Crippen LogP contribution in [0.1, 0.15) is 86.8 Å². The zero-order chi connectivity index (χ0) is 59.3. The summed E-state index contributed by atoms with van der Waals surface area (Å²) in [5.74, 6) is 1.94. The first-order valence-corrected chi connectivity index (χ1v) is 30.6. The van der Waals surface area contributed by atoms with Crippen molar-refractivity contribution in [2.75, 3.05) is 19.8 Å². The Morgan fingerprint density at radius 3 is 1.55 bits per heavy atom. The van der Waals surface area contributed by atoms with E-state index in [0.29, 0.717) is 39.6 Å². The Hall–Kier alpha value is -8.94. The number of carbonyl (C=O) groups excluding carboxylic acids is 2. The normalized spacial score (nSPS) is 13.7. The number of unbranched alkanes of at least 4 members (excludes halogenated alkanes) is 1. The zero-order valence-corrected chi connectivity index (χ0v) is 49.3. The molecule has 9 heterocycles. The molecule has 6 aromatic heterocycles. The van der Waals surface area contributed by atoms with Gasteiger partial charge < -0.3 is 48.2 Å². The van der Waals surface area contributed by atoms with E-state index in [4.69, 9.17) is 27.9 Å². The van der Waals surface area contributed by atoms with Crippen LogP contribution in [0.3, 0.4) is 0 Å². The summed E-state index contributed by atoms with van der Waals surface area (Å²) in [6.45, 7) is 7.35. The molecule has 3 aliphatic heterocycles. The molecule has 0 spiro atoms. The molecule has 0 aliphatic carbocycles. The van der Waals surface area contributed by atoms with Gasteiger partial charge in [0.1, 0.15) is 57.1 Å². The number of aryl methyl sites for hydroxylation is 3. The standard InChI is InChI=1S/C25H26BN5O3.C20H15BN4O3S.C16H17BN4O2S/c1-2-3-12-27-14-18-6-10-20-22(13-18)33-26(34-25(20)32)19-8-4-17(5-9-19)7-11-21-23-24(30-15-28-21)31-16-29-23;1-12-2-7-15-16(8-12)27-21(28-20(15)26)14-5-3-13(4-6-14)9-29-19-17-18(23-10-22-17)24-11-25-19;1-2-8-23-17(22-7-1)13-5-3-12(4-6-13)9-24-16-14-15(19-10-18-14)20-11-21-16/h4-6,8-10,13,15-16,27H,2-3,7,11-12,14H2,1H3,(H,28,29,30,31);2-8,10-11H,9H2,1H3,(H,22,23,24,25);3-6,10-11H,1-2,7-9H2,(H,18,19,20,21). The molecule has 5 aromatic carbocycles. The Morgan fingerprint density at radius 2 is 0.989 bits per heavy atom. The number of nitrogens with one attached hydrogen (secondary N) is 4. The van der Waals surface area contributed by atoms with Crippen molar-refractivity contribution in [3.63, 3.8) is 0 Å². The lowest BCUT2D eigenvalue weighted by Gasteiger charge is -2.23. The van der Waals surface area contributed by atoms with Gasteiger partial charge in [-0.05, 0) is 103 Å². The third-order valence-corrected chi connectivity index (χ3v) is 16.6. The fourth-order valence-corrected chi connectivity index (χ4v) is 11.6. The summed E-state index contributed by atoms with van der Waals surface area (Å²) >= 11 is 3.27. The van der Waals surface area contributed by atoms with Crippen molar-refractivity contribution in [3.8, 4) is 11.5 Å². The number of imidazole rings is 3. The molecule has 1 fully saturated rings. The van der Waals surface area contributed by atoms with Crippen LogP contribution in [-0.2, 0) is 49.5 Å². The topological polar surface area (TPSA) is 265 Å². The molecule has 0 radical (unpaired) electrons.